The van der Waals surface area contributed by atoms with E-state index in [1.165, 1.54) is 57.6 Å². The second-order valence-electron chi connectivity index (χ2n) is 13.7. The third-order valence-electron chi connectivity index (χ3n) is 9.16. The Labute approximate surface area is 323 Å². The van der Waals surface area contributed by atoms with Crippen molar-refractivity contribution in [3.05, 3.63) is 99.6 Å². The molecule has 11 nitrogen and oxygen atoms in total. The van der Waals surface area contributed by atoms with Gasteiger partial charge >= 0.3 is 5.97 Å². The van der Waals surface area contributed by atoms with Crippen LogP contribution in [0.4, 0.5) is 10.7 Å². The van der Waals surface area contributed by atoms with Crippen LogP contribution in [0.15, 0.2) is 77.3 Å². The smallest absolute Gasteiger partial charge is 0.341 e. The Morgan fingerprint density at radius 2 is 1.57 bits per heavy atom. The topological polar surface area (TPSA) is 141 Å². The molecule has 0 fully saturated rings. The standard InChI is InChI=1S/C41H45N3O8S2/c1-41(2,3)26-16-17-29-34(20-26)54-39(36(29)40(48)52-7)44-35(45)23-53-28-15-11-14-27(21-28)42-38(47)30(43-37(46)24-12-9-8-10-13-24)18-25-19-32(50-5)33(51-6)22-31(25)49-4/h8-15,18-19,21-22,26H,16-17,20,23H2,1-7H3,(H,42,47)(H,43,46)(H,44,45)/b30-18+. The molecule has 0 aliphatic heterocycles. The van der Waals surface area contributed by atoms with Crippen LogP contribution in [0.5, 0.6) is 17.2 Å². The van der Waals surface area contributed by atoms with Crippen LogP contribution in [0, 0.1) is 11.3 Å². The number of hydrogen-bond donors (Lipinski definition) is 3. The summed E-state index contributed by atoms with van der Waals surface area (Å²) in [5.74, 6) is -0.0505. The Bertz CT molecular complexity index is 2050. The summed E-state index contributed by atoms with van der Waals surface area (Å²) in [7, 11) is 5.83. The van der Waals surface area contributed by atoms with Gasteiger partial charge in [-0.1, -0.05) is 45.0 Å². The maximum Gasteiger partial charge on any atom is 0.341 e. The molecule has 5 rings (SSSR count). The molecule has 1 aliphatic rings. The highest BCUT2D eigenvalue weighted by atomic mass is 32.2. The van der Waals surface area contributed by atoms with Gasteiger partial charge < -0.3 is 34.9 Å². The van der Waals surface area contributed by atoms with Crippen molar-refractivity contribution < 1.29 is 38.1 Å². The Kier molecular flexibility index (Phi) is 13.1. The van der Waals surface area contributed by atoms with E-state index in [0.29, 0.717) is 50.5 Å². The van der Waals surface area contributed by atoms with Gasteiger partial charge in [0.05, 0.1) is 39.8 Å². The van der Waals surface area contributed by atoms with Crippen LogP contribution in [-0.2, 0) is 27.2 Å². The van der Waals surface area contributed by atoms with E-state index in [0.717, 1.165) is 34.6 Å². The van der Waals surface area contributed by atoms with E-state index in [-0.39, 0.29) is 22.8 Å². The SMILES string of the molecule is COC(=O)c1c(NC(=O)CSc2cccc(NC(=O)/C(=C\c3cc(OC)c(OC)cc3OC)NC(=O)c3ccccc3)c2)sc2c1CCC(C(C)(C)C)C2. The molecule has 3 aromatic carbocycles. The predicted molar refractivity (Wildman–Crippen MR) is 213 cm³/mol. The fraction of sp³-hybridized carbons (Fsp3) is 0.317. The van der Waals surface area contributed by atoms with Crippen molar-refractivity contribution in [2.45, 2.75) is 44.9 Å². The molecule has 1 atom stereocenters. The van der Waals surface area contributed by atoms with Gasteiger partial charge in [-0.05, 0) is 78.6 Å². The van der Waals surface area contributed by atoms with Crippen molar-refractivity contribution in [2.24, 2.45) is 11.3 Å². The summed E-state index contributed by atoms with van der Waals surface area (Å²) in [6.45, 7) is 6.69. The predicted octanol–water partition coefficient (Wildman–Crippen LogP) is 7.85. The van der Waals surface area contributed by atoms with Crippen LogP contribution in [0.2, 0.25) is 0 Å². The molecular formula is C41H45N3O8S2. The van der Waals surface area contributed by atoms with Crippen molar-refractivity contribution in [2.75, 3.05) is 44.8 Å². The van der Waals surface area contributed by atoms with Gasteiger partial charge in [-0.15, -0.1) is 23.1 Å². The summed E-state index contributed by atoms with van der Waals surface area (Å²) in [5, 5.41) is 9.07. The van der Waals surface area contributed by atoms with Crippen molar-refractivity contribution in [3.63, 3.8) is 0 Å². The lowest BCUT2D eigenvalue weighted by Gasteiger charge is -2.33. The Balaban J connectivity index is 1.32. The van der Waals surface area contributed by atoms with Gasteiger partial charge in [-0.3, -0.25) is 14.4 Å². The van der Waals surface area contributed by atoms with E-state index in [1.54, 1.807) is 60.7 Å². The molecule has 1 aromatic heterocycles. The number of benzene rings is 3. The fourth-order valence-corrected chi connectivity index (χ4v) is 8.26. The van der Waals surface area contributed by atoms with Gasteiger partial charge in [0.15, 0.2) is 11.5 Å². The second kappa shape index (κ2) is 17.7. The molecule has 0 bridgehead atoms. The van der Waals surface area contributed by atoms with Gasteiger partial charge in [-0.25, -0.2) is 4.79 Å². The summed E-state index contributed by atoms with van der Waals surface area (Å²) in [6.07, 6.45) is 4.07. The minimum Gasteiger partial charge on any atom is -0.496 e. The summed E-state index contributed by atoms with van der Waals surface area (Å²) in [6, 6.07) is 18.8. The fourth-order valence-electron chi connectivity index (χ4n) is 6.17. The van der Waals surface area contributed by atoms with Crippen molar-refractivity contribution >= 4 is 63.6 Å². The van der Waals surface area contributed by atoms with E-state index in [2.05, 4.69) is 36.7 Å². The first kappa shape index (κ1) is 39.9. The number of amides is 3. The third kappa shape index (κ3) is 9.63. The van der Waals surface area contributed by atoms with E-state index in [4.69, 9.17) is 18.9 Å². The van der Waals surface area contributed by atoms with E-state index in [9.17, 15) is 19.2 Å². The summed E-state index contributed by atoms with van der Waals surface area (Å²) < 4.78 is 21.5. The summed E-state index contributed by atoms with van der Waals surface area (Å²) >= 11 is 2.73. The number of methoxy groups -OCH3 is 4. The molecule has 4 aromatic rings. The first-order chi connectivity index (χ1) is 25.8. The van der Waals surface area contributed by atoms with Crippen LogP contribution in [0.25, 0.3) is 6.08 Å². The van der Waals surface area contributed by atoms with Crippen molar-refractivity contribution in [1.82, 2.24) is 5.32 Å². The van der Waals surface area contributed by atoms with E-state index < -0.39 is 17.8 Å². The monoisotopic (exact) mass is 771 g/mol. The molecule has 13 heteroatoms. The maximum absolute atomic E-state index is 13.8. The number of ether oxygens (including phenoxy) is 4. The lowest BCUT2D eigenvalue weighted by Crippen LogP contribution is -2.30. The normalized spacial score (nSPS) is 14.0. The second-order valence-corrected chi connectivity index (χ2v) is 15.8. The number of nitrogens with one attached hydrogen (secondary N) is 3. The number of rotatable bonds is 13. The third-order valence-corrected chi connectivity index (χ3v) is 11.3. The molecule has 3 N–H and O–H groups in total. The molecule has 1 unspecified atom stereocenters. The number of carbonyl (C=O) groups excluding carboxylic acids is 4. The summed E-state index contributed by atoms with van der Waals surface area (Å²) in [5.41, 5.74) is 2.76. The van der Waals surface area contributed by atoms with Crippen LogP contribution < -0.4 is 30.2 Å². The Morgan fingerprint density at radius 1 is 0.870 bits per heavy atom. The molecule has 1 heterocycles. The molecule has 1 aliphatic carbocycles. The number of esters is 1. The zero-order valence-corrected chi connectivity index (χ0v) is 33.0. The number of carbonyl (C=O) groups is 4. The van der Waals surface area contributed by atoms with Gasteiger partial charge in [0.25, 0.3) is 11.8 Å². The van der Waals surface area contributed by atoms with Gasteiger partial charge in [0.1, 0.15) is 16.4 Å². The molecule has 0 spiro atoms. The Morgan fingerprint density at radius 3 is 2.24 bits per heavy atom. The molecule has 54 heavy (non-hydrogen) atoms. The zero-order valence-electron chi connectivity index (χ0n) is 31.4. The molecule has 0 saturated carbocycles. The van der Waals surface area contributed by atoms with Crippen LogP contribution in [0.1, 0.15) is 63.9 Å². The quantitative estimate of drug-likeness (QED) is 0.0704. The Hall–Kier alpha value is -5.27. The molecule has 0 saturated heterocycles. The van der Waals surface area contributed by atoms with E-state index in [1.807, 2.05) is 6.07 Å². The van der Waals surface area contributed by atoms with Gasteiger partial charge in [0, 0.05) is 32.7 Å². The molecular weight excluding hydrogens is 727 g/mol. The number of hydrogen-bond acceptors (Lipinski definition) is 10. The lowest BCUT2D eigenvalue weighted by atomic mass is 9.72. The highest BCUT2D eigenvalue weighted by molar-refractivity contribution is 8.00. The van der Waals surface area contributed by atoms with Gasteiger partial charge in [0.2, 0.25) is 5.91 Å². The molecule has 284 valence electrons. The number of thioether (sulfide) groups is 1. The zero-order chi connectivity index (χ0) is 39.0. The van der Waals surface area contributed by atoms with Gasteiger partial charge in [-0.2, -0.15) is 0 Å². The minimum atomic E-state index is -0.596. The lowest BCUT2D eigenvalue weighted by molar-refractivity contribution is -0.114. The number of fused-ring (bicyclic) bond motifs is 1. The molecule has 3 amide bonds. The van der Waals surface area contributed by atoms with Crippen molar-refractivity contribution in [3.8, 4) is 17.2 Å². The van der Waals surface area contributed by atoms with Crippen LogP contribution in [0.3, 0.4) is 0 Å². The highest BCUT2D eigenvalue weighted by Gasteiger charge is 2.34. The maximum atomic E-state index is 13.8. The summed E-state index contributed by atoms with van der Waals surface area (Å²) in [4.78, 5) is 55.0. The van der Waals surface area contributed by atoms with Crippen LogP contribution >= 0.6 is 23.1 Å². The first-order valence-corrected chi connectivity index (χ1v) is 19.1. The largest absolute Gasteiger partial charge is 0.496 e. The number of anilines is 2. The highest BCUT2D eigenvalue weighted by Crippen LogP contribution is 2.44. The number of thiophene rings is 1. The average Bonchev–Trinajstić information content (AvgIpc) is 3.53. The average molecular weight is 772 g/mol. The minimum absolute atomic E-state index is 0.0549. The first-order valence-electron chi connectivity index (χ1n) is 17.3. The van der Waals surface area contributed by atoms with Crippen molar-refractivity contribution in [1.29, 1.82) is 0 Å². The van der Waals surface area contributed by atoms with E-state index >= 15 is 0 Å². The molecule has 0 radical (unpaired) electrons. The van der Waals surface area contributed by atoms with Crippen LogP contribution in [-0.4, -0.2) is 57.9 Å².